The Kier molecular flexibility index (Phi) is 5.47. The van der Waals surface area contributed by atoms with Crippen LogP contribution in [0.5, 0.6) is 0 Å². The molecule has 1 aliphatic rings. The van der Waals surface area contributed by atoms with Crippen molar-refractivity contribution in [3.05, 3.63) is 28.3 Å². The van der Waals surface area contributed by atoms with Crippen LogP contribution in [-0.4, -0.2) is 34.0 Å². The number of rotatable bonds is 6. The summed E-state index contributed by atoms with van der Waals surface area (Å²) in [6.07, 6.45) is 3.64. The van der Waals surface area contributed by atoms with Gasteiger partial charge in [-0.25, -0.2) is 14.5 Å². The van der Waals surface area contributed by atoms with E-state index < -0.39 is 0 Å². The number of aryl methyl sites for hydroxylation is 1. The lowest BCUT2D eigenvalue weighted by atomic mass is 10.1. The quantitative estimate of drug-likeness (QED) is 0.840. The van der Waals surface area contributed by atoms with Gasteiger partial charge in [-0.15, -0.1) is 11.3 Å². The number of carbonyl (C=O) groups excluding carboxylic acids is 1. The first kappa shape index (κ1) is 16.9. The van der Waals surface area contributed by atoms with Crippen LogP contribution in [0.3, 0.4) is 0 Å². The first-order valence-electron chi connectivity index (χ1n) is 8.27. The van der Waals surface area contributed by atoms with Gasteiger partial charge < -0.3 is 10.1 Å². The van der Waals surface area contributed by atoms with E-state index in [1.54, 1.807) is 23.6 Å². The average molecular weight is 349 g/mol. The van der Waals surface area contributed by atoms with Gasteiger partial charge in [0.15, 0.2) is 0 Å². The highest BCUT2D eigenvalue weighted by Gasteiger charge is 2.19. The van der Waals surface area contributed by atoms with Crippen molar-refractivity contribution in [1.82, 2.24) is 20.1 Å². The van der Waals surface area contributed by atoms with Crippen LogP contribution in [0.15, 0.2) is 17.6 Å². The monoisotopic (exact) mass is 349 g/mol. The molecule has 0 saturated carbocycles. The molecule has 0 unspecified atom stereocenters. The molecule has 0 bridgehead atoms. The summed E-state index contributed by atoms with van der Waals surface area (Å²) in [5, 5.41) is 13.2. The molecular formula is C16H23N5O2S. The van der Waals surface area contributed by atoms with E-state index in [-0.39, 0.29) is 12.1 Å². The molecule has 1 fully saturated rings. The number of anilines is 1. The van der Waals surface area contributed by atoms with E-state index in [0.717, 1.165) is 43.3 Å². The molecule has 1 saturated heterocycles. The van der Waals surface area contributed by atoms with Crippen LogP contribution in [0, 0.1) is 5.92 Å². The van der Waals surface area contributed by atoms with E-state index in [0.29, 0.717) is 11.7 Å². The van der Waals surface area contributed by atoms with Gasteiger partial charge in [-0.05, 0) is 19.8 Å². The zero-order valence-electron chi connectivity index (χ0n) is 14.0. The number of thiazole rings is 1. The van der Waals surface area contributed by atoms with Crippen LogP contribution in [0.4, 0.5) is 10.6 Å². The first-order valence-corrected chi connectivity index (χ1v) is 9.15. The summed E-state index contributed by atoms with van der Waals surface area (Å²) >= 11 is 1.62. The van der Waals surface area contributed by atoms with Gasteiger partial charge in [-0.1, -0.05) is 6.92 Å². The third-order valence-electron chi connectivity index (χ3n) is 4.08. The van der Waals surface area contributed by atoms with Crippen molar-refractivity contribution in [2.75, 3.05) is 18.5 Å². The zero-order chi connectivity index (χ0) is 16.9. The molecule has 2 aromatic rings. The molecule has 7 nitrogen and oxygen atoms in total. The number of nitrogens with one attached hydrogen (secondary N) is 2. The van der Waals surface area contributed by atoms with Gasteiger partial charge >= 0.3 is 6.03 Å². The van der Waals surface area contributed by atoms with Crippen molar-refractivity contribution >= 4 is 23.2 Å². The van der Waals surface area contributed by atoms with Gasteiger partial charge in [-0.2, -0.15) is 5.10 Å². The molecule has 24 heavy (non-hydrogen) atoms. The van der Waals surface area contributed by atoms with Crippen molar-refractivity contribution in [3.63, 3.8) is 0 Å². The van der Waals surface area contributed by atoms with Crippen molar-refractivity contribution < 1.29 is 9.53 Å². The first-order chi connectivity index (χ1) is 11.7. The fourth-order valence-electron chi connectivity index (χ4n) is 2.67. The molecule has 2 N–H and O–H groups in total. The fourth-order valence-corrected chi connectivity index (χ4v) is 3.50. The maximum atomic E-state index is 12.2. The lowest BCUT2D eigenvalue weighted by molar-refractivity contribution is 0.181. The molecule has 3 rings (SSSR count). The smallest absolute Gasteiger partial charge is 0.320 e. The lowest BCUT2D eigenvalue weighted by Gasteiger charge is -2.15. The SMILES string of the molecule is CCc1nc([C@@H](C)NC(=O)Nc2ccnn2C[C@@H]2CCOC2)cs1. The summed E-state index contributed by atoms with van der Waals surface area (Å²) in [6.45, 7) is 6.32. The van der Waals surface area contributed by atoms with Gasteiger partial charge in [0.05, 0.1) is 29.5 Å². The van der Waals surface area contributed by atoms with Crippen molar-refractivity contribution in [2.45, 2.75) is 39.3 Å². The summed E-state index contributed by atoms with van der Waals surface area (Å²) in [4.78, 5) is 16.8. The van der Waals surface area contributed by atoms with Crippen molar-refractivity contribution in [3.8, 4) is 0 Å². The second kappa shape index (κ2) is 7.76. The average Bonchev–Trinajstić information content (AvgIpc) is 3.30. The van der Waals surface area contributed by atoms with Crippen molar-refractivity contribution in [1.29, 1.82) is 0 Å². The van der Waals surface area contributed by atoms with Crippen LogP contribution in [0.2, 0.25) is 0 Å². The molecular weight excluding hydrogens is 326 g/mol. The molecule has 0 radical (unpaired) electrons. The van der Waals surface area contributed by atoms with E-state index in [9.17, 15) is 4.79 Å². The zero-order valence-corrected chi connectivity index (χ0v) is 14.8. The van der Waals surface area contributed by atoms with Crippen LogP contribution in [0.25, 0.3) is 0 Å². The number of carbonyl (C=O) groups is 1. The lowest BCUT2D eigenvalue weighted by Crippen LogP contribution is -2.32. The van der Waals surface area contributed by atoms with E-state index in [1.165, 1.54) is 0 Å². The molecule has 0 aliphatic carbocycles. The van der Waals surface area contributed by atoms with Gasteiger partial charge in [0.2, 0.25) is 0 Å². The van der Waals surface area contributed by atoms with E-state index in [1.807, 2.05) is 17.0 Å². The maximum absolute atomic E-state index is 12.2. The van der Waals surface area contributed by atoms with Gasteiger partial charge in [0, 0.05) is 30.5 Å². The standard InChI is InChI=1S/C16H23N5O2S/c1-3-15-19-13(10-24-15)11(2)18-16(22)20-14-4-6-17-21(14)8-12-5-7-23-9-12/h4,6,10-12H,3,5,7-9H2,1-2H3,(H2,18,20,22)/t11-,12+/m1/s1. The molecule has 0 spiro atoms. The summed E-state index contributed by atoms with van der Waals surface area (Å²) < 4.78 is 7.21. The summed E-state index contributed by atoms with van der Waals surface area (Å²) in [7, 11) is 0. The summed E-state index contributed by atoms with van der Waals surface area (Å²) in [5.74, 6) is 1.15. The number of aromatic nitrogens is 3. The minimum atomic E-state index is -0.252. The minimum Gasteiger partial charge on any atom is -0.381 e. The normalized spacial score (nSPS) is 18.5. The fraction of sp³-hybridized carbons (Fsp3) is 0.562. The molecule has 2 atom stereocenters. The predicted molar refractivity (Wildman–Crippen MR) is 93.2 cm³/mol. The topological polar surface area (TPSA) is 81.1 Å². The predicted octanol–water partition coefficient (Wildman–Crippen LogP) is 2.82. The van der Waals surface area contributed by atoms with Gasteiger partial charge in [0.1, 0.15) is 5.82 Å². The molecule has 8 heteroatoms. The summed E-state index contributed by atoms with van der Waals surface area (Å²) in [6, 6.07) is 1.41. The molecule has 1 aliphatic heterocycles. The van der Waals surface area contributed by atoms with Crippen LogP contribution < -0.4 is 10.6 Å². The Labute approximate surface area is 145 Å². The Morgan fingerprint density at radius 3 is 3.17 bits per heavy atom. The van der Waals surface area contributed by atoms with Crippen LogP contribution in [0.1, 0.15) is 37.0 Å². The Bertz CT molecular complexity index is 678. The number of ether oxygens (including phenoxy) is 1. The Morgan fingerprint density at radius 2 is 2.46 bits per heavy atom. The molecule has 3 heterocycles. The Hall–Kier alpha value is -1.93. The van der Waals surface area contributed by atoms with Crippen LogP contribution >= 0.6 is 11.3 Å². The number of hydrogen-bond acceptors (Lipinski definition) is 5. The van der Waals surface area contributed by atoms with Crippen molar-refractivity contribution in [2.24, 2.45) is 5.92 Å². The minimum absolute atomic E-state index is 0.138. The highest BCUT2D eigenvalue weighted by Crippen LogP contribution is 2.19. The highest BCUT2D eigenvalue weighted by atomic mass is 32.1. The summed E-state index contributed by atoms with van der Waals surface area (Å²) in [5.41, 5.74) is 0.892. The van der Waals surface area contributed by atoms with E-state index in [2.05, 4.69) is 27.6 Å². The van der Waals surface area contributed by atoms with Gasteiger partial charge in [-0.3, -0.25) is 5.32 Å². The molecule has 2 aromatic heterocycles. The third-order valence-corrected chi connectivity index (χ3v) is 5.09. The van der Waals surface area contributed by atoms with Crippen LogP contribution in [-0.2, 0) is 17.7 Å². The number of urea groups is 1. The van der Waals surface area contributed by atoms with Gasteiger partial charge in [0.25, 0.3) is 0 Å². The largest absolute Gasteiger partial charge is 0.381 e. The highest BCUT2D eigenvalue weighted by molar-refractivity contribution is 7.09. The second-order valence-corrected chi connectivity index (χ2v) is 6.91. The number of hydrogen-bond donors (Lipinski definition) is 2. The number of nitrogens with zero attached hydrogens (tertiary/aromatic N) is 3. The van der Waals surface area contributed by atoms with E-state index >= 15 is 0 Å². The molecule has 2 amide bonds. The second-order valence-electron chi connectivity index (χ2n) is 5.97. The number of amides is 2. The van der Waals surface area contributed by atoms with E-state index in [4.69, 9.17) is 4.74 Å². The molecule has 0 aromatic carbocycles. The third kappa shape index (κ3) is 4.12. The Morgan fingerprint density at radius 1 is 1.58 bits per heavy atom. The maximum Gasteiger partial charge on any atom is 0.320 e. The molecule has 130 valence electrons. The Balaban J connectivity index is 1.55.